The van der Waals surface area contributed by atoms with E-state index in [2.05, 4.69) is 21.5 Å². The Morgan fingerprint density at radius 3 is 2.90 bits per heavy atom. The Kier molecular flexibility index (Phi) is 5.45. The zero-order chi connectivity index (χ0) is 15.5. The minimum Gasteiger partial charge on any atom is -0.382 e. The van der Waals surface area contributed by atoms with E-state index in [0.717, 1.165) is 37.3 Å². The summed E-state index contributed by atoms with van der Waals surface area (Å²) in [5.74, 6) is 0.0923. The van der Waals surface area contributed by atoms with Gasteiger partial charge in [-0.05, 0) is 44.3 Å². The predicted molar refractivity (Wildman–Crippen MR) is 87.6 cm³/mol. The Morgan fingerprint density at radius 1 is 1.48 bits per heavy atom. The van der Waals surface area contributed by atoms with Gasteiger partial charge in [-0.1, -0.05) is 6.42 Å². The second kappa shape index (κ2) is 6.93. The smallest absolute Gasteiger partial charge is 0.182 e. The van der Waals surface area contributed by atoms with Crippen LogP contribution in [-0.4, -0.2) is 49.6 Å². The molecule has 2 rings (SSSR count). The lowest BCUT2D eigenvalue weighted by atomic mass is 10.0. The molecule has 8 heteroatoms. The molecule has 1 aromatic rings. The van der Waals surface area contributed by atoms with Gasteiger partial charge in [-0.25, -0.2) is 8.42 Å². The summed E-state index contributed by atoms with van der Waals surface area (Å²) in [5, 5.41) is 3.72. The molecule has 21 heavy (non-hydrogen) atoms. The van der Waals surface area contributed by atoms with Gasteiger partial charge in [0.05, 0.1) is 0 Å². The van der Waals surface area contributed by atoms with Crippen LogP contribution in [0.4, 0.5) is 10.8 Å². The van der Waals surface area contributed by atoms with Crippen molar-refractivity contribution in [2.45, 2.75) is 43.5 Å². The number of hydrogen-bond acceptors (Lipinski definition) is 7. The van der Waals surface area contributed by atoms with Crippen LogP contribution in [0, 0.1) is 0 Å². The van der Waals surface area contributed by atoms with Gasteiger partial charge in [-0.15, -0.1) is 0 Å². The van der Waals surface area contributed by atoms with Crippen LogP contribution in [-0.2, 0) is 9.84 Å². The van der Waals surface area contributed by atoms with Crippen LogP contribution < -0.4 is 11.1 Å². The average molecular weight is 332 g/mol. The number of hydrogen-bond donors (Lipinski definition) is 2. The molecule has 6 nitrogen and oxygen atoms in total. The van der Waals surface area contributed by atoms with Crippen LogP contribution in [0.3, 0.4) is 0 Å². The monoisotopic (exact) mass is 332 g/mol. The van der Waals surface area contributed by atoms with Gasteiger partial charge in [0, 0.05) is 25.4 Å². The van der Waals surface area contributed by atoms with Gasteiger partial charge < -0.3 is 16.0 Å². The number of nitrogens with zero attached hydrogens (tertiary/aromatic N) is 2. The highest BCUT2D eigenvalue weighted by Gasteiger charge is 2.21. The summed E-state index contributed by atoms with van der Waals surface area (Å²) in [5.41, 5.74) is 5.64. The highest BCUT2D eigenvalue weighted by molar-refractivity contribution is 7.91. The van der Waals surface area contributed by atoms with Crippen molar-refractivity contribution in [1.82, 2.24) is 9.27 Å². The summed E-state index contributed by atoms with van der Waals surface area (Å²) in [7, 11) is -3.34. The molecule has 3 N–H and O–H groups in total. The van der Waals surface area contributed by atoms with Gasteiger partial charge in [0.15, 0.2) is 15.7 Å². The van der Waals surface area contributed by atoms with E-state index < -0.39 is 9.84 Å². The van der Waals surface area contributed by atoms with E-state index >= 15 is 0 Å². The molecule has 1 fully saturated rings. The molecule has 0 aliphatic carbocycles. The maximum absolute atomic E-state index is 11.7. The second-order valence-corrected chi connectivity index (χ2v) is 8.39. The SMILES string of the molecule is CC1CCCCN1CCCNc1snc(N)c1S(C)(=O)=O. The van der Waals surface area contributed by atoms with E-state index in [4.69, 9.17) is 5.73 Å². The Morgan fingerprint density at radius 2 is 2.24 bits per heavy atom. The number of likely N-dealkylation sites (tertiary alicyclic amines) is 1. The molecule has 1 unspecified atom stereocenters. The molecule has 0 saturated carbocycles. The van der Waals surface area contributed by atoms with Gasteiger partial charge in [-0.2, -0.15) is 4.37 Å². The zero-order valence-corrected chi connectivity index (χ0v) is 14.3. The lowest BCUT2D eigenvalue weighted by Crippen LogP contribution is -2.38. The van der Waals surface area contributed by atoms with Crippen molar-refractivity contribution < 1.29 is 8.42 Å². The van der Waals surface area contributed by atoms with E-state index in [1.165, 1.54) is 25.8 Å². The van der Waals surface area contributed by atoms with Gasteiger partial charge in [-0.3, -0.25) is 0 Å². The normalized spacial score (nSPS) is 20.6. The molecule has 0 spiro atoms. The van der Waals surface area contributed by atoms with Crippen LogP contribution in [0.5, 0.6) is 0 Å². The van der Waals surface area contributed by atoms with Crippen molar-refractivity contribution in [2.75, 3.05) is 36.9 Å². The van der Waals surface area contributed by atoms with Gasteiger partial charge in [0.2, 0.25) is 0 Å². The van der Waals surface area contributed by atoms with Gasteiger partial charge in [0.25, 0.3) is 0 Å². The predicted octanol–water partition coefficient (Wildman–Crippen LogP) is 1.81. The molecule has 120 valence electrons. The van der Waals surface area contributed by atoms with E-state index in [1.54, 1.807) is 0 Å². The molecule has 1 aromatic heterocycles. The molecule has 0 amide bonds. The lowest BCUT2D eigenvalue weighted by molar-refractivity contribution is 0.160. The molecule has 1 saturated heterocycles. The molecule has 1 aliphatic rings. The average Bonchev–Trinajstić information content (AvgIpc) is 2.77. The van der Waals surface area contributed by atoms with E-state index in [1.807, 2.05) is 0 Å². The summed E-state index contributed by atoms with van der Waals surface area (Å²) < 4.78 is 27.3. The largest absolute Gasteiger partial charge is 0.382 e. The van der Waals surface area contributed by atoms with Crippen molar-refractivity contribution in [3.63, 3.8) is 0 Å². The minimum atomic E-state index is -3.34. The third-order valence-corrected chi connectivity index (χ3v) is 6.00. The number of nitrogens with two attached hydrogens (primary N) is 1. The van der Waals surface area contributed by atoms with E-state index in [0.29, 0.717) is 11.0 Å². The molecule has 1 aliphatic heterocycles. The summed E-state index contributed by atoms with van der Waals surface area (Å²) in [4.78, 5) is 2.64. The highest BCUT2D eigenvalue weighted by Crippen LogP contribution is 2.31. The first kappa shape index (κ1) is 16.5. The topological polar surface area (TPSA) is 88.3 Å². The Labute approximate surface area is 130 Å². The number of sulfone groups is 1. The fraction of sp³-hybridized carbons (Fsp3) is 0.769. The first-order valence-corrected chi connectivity index (χ1v) is 9.99. The van der Waals surface area contributed by atoms with Crippen LogP contribution in [0.1, 0.15) is 32.6 Å². The zero-order valence-electron chi connectivity index (χ0n) is 12.6. The third kappa shape index (κ3) is 4.31. The number of piperidine rings is 1. The van der Waals surface area contributed by atoms with Gasteiger partial charge in [0.1, 0.15) is 9.90 Å². The maximum atomic E-state index is 11.7. The Balaban J connectivity index is 1.84. The molecule has 2 heterocycles. The number of rotatable bonds is 6. The number of nitrogens with one attached hydrogen (secondary N) is 1. The van der Waals surface area contributed by atoms with Crippen molar-refractivity contribution in [3.05, 3.63) is 0 Å². The number of aromatic nitrogens is 1. The minimum absolute atomic E-state index is 0.0923. The Bertz CT molecular complexity index is 571. The lowest BCUT2D eigenvalue weighted by Gasteiger charge is -2.33. The molecule has 0 bridgehead atoms. The maximum Gasteiger partial charge on any atom is 0.182 e. The summed E-state index contributed by atoms with van der Waals surface area (Å²) in [6.45, 7) is 5.21. The molecule has 0 aromatic carbocycles. The first-order valence-electron chi connectivity index (χ1n) is 7.32. The molecule has 1 atom stereocenters. The fourth-order valence-corrected chi connectivity index (χ4v) is 4.83. The van der Waals surface area contributed by atoms with Crippen LogP contribution in [0.2, 0.25) is 0 Å². The van der Waals surface area contributed by atoms with Crippen molar-refractivity contribution in [2.24, 2.45) is 0 Å². The first-order chi connectivity index (χ1) is 9.89. The van der Waals surface area contributed by atoms with E-state index in [9.17, 15) is 8.42 Å². The number of nitrogen functional groups attached to an aromatic ring is 1. The standard InChI is InChI=1S/C13H24N4O2S2/c1-10-6-3-4-8-17(10)9-5-7-15-13-11(21(2,18)19)12(14)16-20-13/h10,15H,3-9H2,1-2H3,(H2,14,16). The Hall–Kier alpha value is -0.860. The van der Waals surface area contributed by atoms with Crippen LogP contribution in [0.15, 0.2) is 4.90 Å². The third-order valence-electron chi connectivity index (χ3n) is 3.89. The molecule has 0 radical (unpaired) electrons. The van der Waals surface area contributed by atoms with Gasteiger partial charge >= 0.3 is 0 Å². The fourth-order valence-electron chi connectivity index (χ4n) is 2.74. The van der Waals surface area contributed by atoms with Crippen LogP contribution in [0.25, 0.3) is 0 Å². The summed E-state index contributed by atoms with van der Waals surface area (Å²) in [6.07, 6.45) is 6.02. The van der Waals surface area contributed by atoms with Crippen molar-refractivity contribution in [3.8, 4) is 0 Å². The molecular formula is C13H24N4O2S2. The van der Waals surface area contributed by atoms with Crippen LogP contribution >= 0.6 is 11.5 Å². The number of anilines is 2. The van der Waals surface area contributed by atoms with Crippen molar-refractivity contribution in [1.29, 1.82) is 0 Å². The second-order valence-electron chi connectivity index (χ2n) is 5.66. The van der Waals surface area contributed by atoms with E-state index in [-0.39, 0.29) is 10.7 Å². The summed E-state index contributed by atoms with van der Waals surface area (Å²) >= 11 is 1.11. The highest BCUT2D eigenvalue weighted by atomic mass is 32.2. The summed E-state index contributed by atoms with van der Waals surface area (Å²) in [6, 6.07) is 0.657. The molecular weight excluding hydrogens is 308 g/mol. The van der Waals surface area contributed by atoms with Crippen molar-refractivity contribution >= 4 is 32.2 Å². The quantitative estimate of drug-likeness (QED) is 0.772.